The topological polar surface area (TPSA) is 73.8 Å². The van der Waals surface area contributed by atoms with Crippen molar-refractivity contribution < 1.29 is 19.0 Å². The van der Waals surface area contributed by atoms with E-state index in [1.807, 2.05) is 19.1 Å². The largest absolute Gasteiger partial charge is 0.493 e. The first-order valence-electron chi connectivity index (χ1n) is 10.0. The van der Waals surface area contributed by atoms with E-state index >= 15 is 0 Å². The summed E-state index contributed by atoms with van der Waals surface area (Å²) in [4.78, 5) is 24.6. The summed E-state index contributed by atoms with van der Waals surface area (Å²) in [6, 6.07) is 3.86. The predicted molar refractivity (Wildman–Crippen MR) is 110 cm³/mol. The fourth-order valence-electron chi connectivity index (χ4n) is 4.39. The number of ketones is 1. The van der Waals surface area contributed by atoms with E-state index in [0.29, 0.717) is 35.7 Å². The monoisotopic (exact) mass is 397 g/mol. The van der Waals surface area contributed by atoms with E-state index in [2.05, 4.69) is 9.88 Å². The van der Waals surface area contributed by atoms with Gasteiger partial charge in [-0.05, 0) is 49.8 Å². The zero-order chi connectivity index (χ0) is 20.5. The maximum absolute atomic E-state index is 13.0. The van der Waals surface area contributed by atoms with Gasteiger partial charge in [0.15, 0.2) is 17.3 Å². The second kappa shape index (κ2) is 7.89. The van der Waals surface area contributed by atoms with Crippen molar-refractivity contribution in [3.05, 3.63) is 34.6 Å². The summed E-state index contributed by atoms with van der Waals surface area (Å²) in [7, 11) is 4.78. The Morgan fingerprint density at radius 3 is 2.21 bits per heavy atom. The number of carbonyl (C=O) groups excluding carboxylic acids is 1. The number of rotatable bonds is 5. The first-order chi connectivity index (χ1) is 14.0. The molecule has 0 N–H and O–H groups in total. The molecule has 0 bridgehead atoms. The normalized spacial score (nSPS) is 18.6. The fourth-order valence-corrected chi connectivity index (χ4v) is 4.39. The highest BCUT2D eigenvalue weighted by Gasteiger charge is 2.32. The molecule has 2 heterocycles. The Hall–Kier alpha value is -2.83. The Morgan fingerprint density at radius 1 is 0.966 bits per heavy atom. The van der Waals surface area contributed by atoms with Crippen molar-refractivity contribution in [2.75, 3.05) is 39.3 Å². The van der Waals surface area contributed by atoms with E-state index in [9.17, 15) is 4.79 Å². The number of benzene rings is 1. The van der Waals surface area contributed by atoms with Crippen LogP contribution in [0.5, 0.6) is 17.2 Å². The molecular formula is C22H27N3O4. The van der Waals surface area contributed by atoms with E-state index in [4.69, 9.17) is 19.2 Å². The van der Waals surface area contributed by atoms with Gasteiger partial charge >= 0.3 is 0 Å². The molecule has 1 fully saturated rings. The second-order valence-corrected chi connectivity index (χ2v) is 7.61. The lowest BCUT2D eigenvalue weighted by atomic mass is 9.81. The highest BCUT2D eigenvalue weighted by atomic mass is 16.5. The average Bonchev–Trinajstić information content (AvgIpc) is 3.26. The van der Waals surface area contributed by atoms with Gasteiger partial charge in [-0.3, -0.25) is 4.79 Å². The summed E-state index contributed by atoms with van der Waals surface area (Å²) >= 11 is 0. The van der Waals surface area contributed by atoms with Crippen molar-refractivity contribution in [2.24, 2.45) is 0 Å². The van der Waals surface area contributed by atoms with Gasteiger partial charge in [-0.2, -0.15) is 0 Å². The molecule has 2 aliphatic rings. The molecule has 2 aromatic rings. The molecule has 1 unspecified atom stereocenters. The molecule has 1 aromatic heterocycles. The van der Waals surface area contributed by atoms with Crippen molar-refractivity contribution in [1.82, 2.24) is 9.97 Å². The van der Waals surface area contributed by atoms with E-state index in [1.54, 1.807) is 21.3 Å². The van der Waals surface area contributed by atoms with Gasteiger partial charge in [0, 0.05) is 19.5 Å². The summed E-state index contributed by atoms with van der Waals surface area (Å²) < 4.78 is 16.4. The molecule has 1 saturated heterocycles. The highest BCUT2D eigenvalue weighted by molar-refractivity contribution is 5.99. The van der Waals surface area contributed by atoms with Gasteiger partial charge in [0.2, 0.25) is 11.7 Å². The lowest BCUT2D eigenvalue weighted by Gasteiger charge is -2.27. The number of nitrogens with zero attached hydrogens (tertiary/aromatic N) is 3. The lowest BCUT2D eigenvalue weighted by Crippen LogP contribution is -2.26. The average molecular weight is 397 g/mol. The van der Waals surface area contributed by atoms with Crippen molar-refractivity contribution in [1.29, 1.82) is 0 Å². The minimum absolute atomic E-state index is 0.00411. The number of hydrogen-bond donors (Lipinski definition) is 0. The zero-order valence-corrected chi connectivity index (χ0v) is 17.4. The van der Waals surface area contributed by atoms with Crippen molar-refractivity contribution >= 4 is 11.7 Å². The Labute approximate surface area is 171 Å². The van der Waals surface area contributed by atoms with Crippen LogP contribution in [-0.4, -0.2) is 50.2 Å². The van der Waals surface area contributed by atoms with Crippen molar-refractivity contribution in [3.8, 4) is 17.2 Å². The lowest BCUT2D eigenvalue weighted by molar-refractivity contribution is 0.0962. The van der Waals surface area contributed by atoms with E-state index in [-0.39, 0.29) is 11.7 Å². The minimum Gasteiger partial charge on any atom is -0.493 e. The number of aryl methyl sites for hydroxylation is 1. The number of fused-ring (bicyclic) bond motifs is 1. The molecule has 1 atom stereocenters. The van der Waals surface area contributed by atoms with Gasteiger partial charge in [0.05, 0.1) is 38.3 Å². The van der Waals surface area contributed by atoms with Gasteiger partial charge in [0.1, 0.15) is 0 Å². The summed E-state index contributed by atoms with van der Waals surface area (Å²) in [5, 5.41) is 0. The van der Waals surface area contributed by atoms with Gasteiger partial charge in [-0.15, -0.1) is 0 Å². The molecule has 0 spiro atoms. The van der Waals surface area contributed by atoms with Crippen LogP contribution in [0.1, 0.15) is 52.5 Å². The maximum Gasteiger partial charge on any atom is 0.225 e. The van der Waals surface area contributed by atoms with Gasteiger partial charge in [0.25, 0.3) is 0 Å². The van der Waals surface area contributed by atoms with Crippen LogP contribution < -0.4 is 19.1 Å². The van der Waals surface area contributed by atoms with E-state index in [1.165, 1.54) is 0 Å². The Balaban J connectivity index is 1.72. The van der Waals surface area contributed by atoms with Crippen LogP contribution in [0.25, 0.3) is 0 Å². The third-order valence-electron chi connectivity index (χ3n) is 5.85. The van der Waals surface area contributed by atoms with Gasteiger partial charge in [-0.1, -0.05) is 0 Å². The van der Waals surface area contributed by atoms with Crippen LogP contribution in [0.4, 0.5) is 5.95 Å². The van der Waals surface area contributed by atoms with E-state index < -0.39 is 0 Å². The molecule has 29 heavy (non-hydrogen) atoms. The molecule has 4 rings (SSSR count). The molecule has 1 aromatic carbocycles. The molecule has 0 radical (unpaired) electrons. The number of aromatic nitrogens is 2. The third-order valence-corrected chi connectivity index (χ3v) is 5.85. The molecule has 7 heteroatoms. The summed E-state index contributed by atoms with van der Waals surface area (Å²) in [5.74, 6) is 2.58. The number of methoxy groups -OCH3 is 3. The fraction of sp³-hybridized carbons (Fsp3) is 0.500. The second-order valence-electron chi connectivity index (χ2n) is 7.61. The molecule has 0 saturated carbocycles. The highest BCUT2D eigenvalue weighted by Crippen LogP contribution is 2.43. The predicted octanol–water partition coefficient (Wildman–Crippen LogP) is 3.32. The van der Waals surface area contributed by atoms with E-state index in [0.717, 1.165) is 48.8 Å². The SMILES string of the molecule is COc1cc(C2CC(=O)c3c(C)nc(N4CCCC4)nc3C2)cc(OC)c1OC. The molecule has 7 nitrogen and oxygen atoms in total. The van der Waals surface area contributed by atoms with Crippen LogP contribution in [0, 0.1) is 6.92 Å². The molecule has 0 amide bonds. The zero-order valence-electron chi connectivity index (χ0n) is 17.4. The quantitative estimate of drug-likeness (QED) is 0.766. The summed E-state index contributed by atoms with van der Waals surface area (Å²) in [6.45, 7) is 3.86. The summed E-state index contributed by atoms with van der Waals surface area (Å²) in [5.41, 5.74) is 3.30. The van der Waals surface area contributed by atoms with Crippen LogP contribution in [-0.2, 0) is 6.42 Å². The van der Waals surface area contributed by atoms with Gasteiger partial charge < -0.3 is 19.1 Å². The minimum atomic E-state index is 0.00411. The molecular weight excluding hydrogens is 370 g/mol. The van der Waals surface area contributed by atoms with Crippen LogP contribution >= 0.6 is 0 Å². The Bertz CT molecular complexity index is 913. The number of Topliss-reactive ketones (excluding diaryl/α,β-unsaturated/α-hetero) is 1. The smallest absolute Gasteiger partial charge is 0.225 e. The Morgan fingerprint density at radius 2 is 1.62 bits per heavy atom. The standard InChI is InChI=1S/C22H27N3O4/c1-13-20-16(24-22(23-13)25-7-5-6-8-25)9-14(10-17(20)26)15-11-18(27-2)21(29-4)19(12-15)28-3/h11-12,14H,5-10H2,1-4H3. The Kier molecular flexibility index (Phi) is 5.30. The molecule has 1 aliphatic heterocycles. The van der Waals surface area contributed by atoms with Gasteiger partial charge in [-0.25, -0.2) is 9.97 Å². The first kappa shape index (κ1) is 19.5. The molecule has 154 valence electrons. The number of hydrogen-bond acceptors (Lipinski definition) is 7. The van der Waals surface area contributed by atoms with Crippen LogP contribution in [0.15, 0.2) is 12.1 Å². The summed E-state index contributed by atoms with van der Waals surface area (Å²) in [6.07, 6.45) is 3.42. The number of carbonyl (C=O) groups is 1. The van der Waals surface area contributed by atoms with Crippen molar-refractivity contribution in [3.63, 3.8) is 0 Å². The number of anilines is 1. The first-order valence-corrected chi connectivity index (χ1v) is 10.0. The number of ether oxygens (including phenoxy) is 3. The third kappa shape index (κ3) is 3.50. The maximum atomic E-state index is 13.0. The van der Waals surface area contributed by atoms with Crippen molar-refractivity contribution in [2.45, 2.75) is 38.5 Å². The van der Waals surface area contributed by atoms with Crippen LogP contribution in [0.2, 0.25) is 0 Å². The van der Waals surface area contributed by atoms with Crippen LogP contribution in [0.3, 0.4) is 0 Å². The molecule has 1 aliphatic carbocycles.